The van der Waals surface area contributed by atoms with E-state index in [1.807, 2.05) is 0 Å². The van der Waals surface area contributed by atoms with Crippen molar-refractivity contribution >= 4 is 23.5 Å². The van der Waals surface area contributed by atoms with Crippen LogP contribution in [0.15, 0.2) is 12.1 Å². The van der Waals surface area contributed by atoms with Crippen LogP contribution >= 0.6 is 11.6 Å². The molecule has 0 fully saturated rings. The first-order valence-corrected chi connectivity index (χ1v) is 5.11. The van der Waals surface area contributed by atoms with Crippen molar-refractivity contribution in [2.45, 2.75) is 13.3 Å². The second-order valence-corrected chi connectivity index (χ2v) is 3.97. The van der Waals surface area contributed by atoms with Crippen molar-refractivity contribution in [2.75, 3.05) is 0 Å². The highest BCUT2D eigenvalue weighted by atomic mass is 35.5. The monoisotopic (exact) mass is 260 g/mol. The zero-order valence-electron chi connectivity index (χ0n) is 8.91. The average molecular weight is 261 g/mol. The third kappa shape index (κ3) is 2.94. The second kappa shape index (κ2) is 5.14. The van der Waals surface area contributed by atoms with E-state index in [1.54, 1.807) is 6.92 Å². The largest absolute Gasteiger partial charge is 0.481 e. The first-order valence-electron chi connectivity index (χ1n) is 4.73. The van der Waals surface area contributed by atoms with E-state index in [9.17, 15) is 14.0 Å². The molecule has 17 heavy (non-hydrogen) atoms. The maximum atomic E-state index is 13.4. The van der Waals surface area contributed by atoms with Gasteiger partial charge >= 0.3 is 11.9 Å². The highest BCUT2D eigenvalue weighted by Gasteiger charge is 2.28. The van der Waals surface area contributed by atoms with Gasteiger partial charge < -0.3 is 10.2 Å². The number of carboxylic acid groups (broad SMARTS) is 2. The molecule has 6 heteroatoms. The molecule has 0 aliphatic rings. The summed E-state index contributed by atoms with van der Waals surface area (Å²) >= 11 is 5.83. The molecule has 0 bridgehead atoms. The van der Waals surface area contributed by atoms with E-state index >= 15 is 0 Å². The van der Waals surface area contributed by atoms with Crippen LogP contribution in [0.5, 0.6) is 0 Å². The van der Waals surface area contributed by atoms with Gasteiger partial charge in [0.2, 0.25) is 0 Å². The van der Waals surface area contributed by atoms with Crippen LogP contribution in [0.3, 0.4) is 0 Å². The molecule has 1 rings (SSSR count). The molecule has 0 aliphatic carbocycles. The molecule has 1 aromatic carbocycles. The Morgan fingerprint density at radius 2 is 1.88 bits per heavy atom. The molecule has 0 saturated heterocycles. The van der Waals surface area contributed by atoms with Gasteiger partial charge in [0, 0.05) is 17.0 Å². The Balaban J connectivity index is 3.13. The minimum atomic E-state index is -1.70. The fourth-order valence-electron chi connectivity index (χ4n) is 1.39. The van der Waals surface area contributed by atoms with E-state index in [-0.39, 0.29) is 10.6 Å². The average Bonchev–Trinajstić information content (AvgIpc) is 2.23. The van der Waals surface area contributed by atoms with Crippen molar-refractivity contribution < 1.29 is 24.2 Å². The van der Waals surface area contributed by atoms with Crippen molar-refractivity contribution in [3.8, 4) is 0 Å². The Labute approximate surface area is 102 Å². The summed E-state index contributed by atoms with van der Waals surface area (Å²) in [4.78, 5) is 21.4. The third-order valence-corrected chi connectivity index (χ3v) is 2.91. The fraction of sp³-hybridized carbons (Fsp3) is 0.273. The Kier molecular flexibility index (Phi) is 4.07. The quantitative estimate of drug-likeness (QED) is 0.813. The third-order valence-electron chi connectivity index (χ3n) is 2.38. The molecular formula is C11H10ClFO4. The van der Waals surface area contributed by atoms with Crippen LogP contribution in [0, 0.1) is 18.7 Å². The van der Waals surface area contributed by atoms with E-state index in [2.05, 4.69) is 0 Å². The number of carbonyl (C=O) groups is 2. The van der Waals surface area contributed by atoms with Crippen LogP contribution in [0.25, 0.3) is 0 Å². The molecular weight excluding hydrogens is 251 g/mol. The molecule has 0 heterocycles. The van der Waals surface area contributed by atoms with Gasteiger partial charge in [0.15, 0.2) is 5.92 Å². The maximum absolute atomic E-state index is 13.4. The summed E-state index contributed by atoms with van der Waals surface area (Å²) in [6.07, 6.45) is -0.475. The Hall–Kier alpha value is -1.62. The Morgan fingerprint density at radius 3 is 2.35 bits per heavy atom. The molecule has 0 amide bonds. The van der Waals surface area contributed by atoms with Crippen LogP contribution in [0.2, 0.25) is 5.02 Å². The van der Waals surface area contributed by atoms with E-state index in [1.165, 1.54) is 6.07 Å². The lowest BCUT2D eigenvalue weighted by Crippen LogP contribution is -2.26. The molecule has 0 unspecified atom stereocenters. The van der Waals surface area contributed by atoms with Crippen molar-refractivity contribution in [1.82, 2.24) is 0 Å². The van der Waals surface area contributed by atoms with Crippen molar-refractivity contribution in [1.29, 1.82) is 0 Å². The van der Waals surface area contributed by atoms with Crippen molar-refractivity contribution in [2.24, 2.45) is 5.92 Å². The number of aliphatic carboxylic acids is 2. The fourth-order valence-corrected chi connectivity index (χ4v) is 1.62. The summed E-state index contributed by atoms with van der Waals surface area (Å²) in [6.45, 7) is 1.63. The zero-order chi connectivity index (χ0) is 13.2. The Morgan fingerprint density at radius 1 is 1.35 bits per heavy atom. The molecule has 1 aromatic rings. The lowest BCUT2D eigenvalue weighted by atomic mass is 9.98. The van der Waals surface area contributed by atoms with E-state index < -0.39 is 30.1 Å². The van der Waals surface area contributed by atoms with Gasteiger partial charge in [-0.05, 0) is 18.6 Å². The van der Waals surface area contributed by atoms with E-state index in [4.69, 9.17) is 21.8 Å². The van der Waals surface area contributed by atoms with Gasteiger partial charge in [0.25, 0.3) is 0 Å². The SMILES string of the molecule is Cc1ccc(F)c(CC(C(=O)O)C(=O)O)c1Cl. The summed E-state index contributed by atoms with van der Waals surface area (Å²) in [7, 11) is 0. The molecule has 4 nitrogen and oxygen atoms in total. The van der Waals surface area contributed by atoms with Crippen LogP contribution in [0.4, 0.5) is 4.39 Å². The normalized spacial score (nSPS) is 10.6. The number of aryl methyl sites for hydroxylation is 1. The van der Waals surface area contributed by atoms with Crippen molar-refractivity contribution in [3.63, 3.8) is 0 Å². The van der Waals surface area contributed by atoms with E-state index in [0.29, 0.717) is 5.56 Å². The molecule has 0 spiro atoms. The van der Waals surface area contributed by atoms with Crippen LogP contribution in [-0.2, 0) is 16.0 Å². The minimum Gasteiger partial charge on any atom is -0.481 e. The number of hydrogen-bond acceptors (Lipinski definition) is 2. The smallest absolute Gasteiger partial charge is 0.318 e. The van der Waals surface area contributed by atoms with Crippen LogP contribution in [0.1, 0.15) is 11.1 Å². The molecule has 0 saturated carbocycles. The van der Waals surface area contributed by atoms with Gasteiger partial charge in [0.05, 0.1) is 0 Å². The highest BCUT2D eigenvalue weighted by Crippen LogP contribution is 2.26. The second-order valence-electron chi connectivity index (χ2n) is 3.59. The molecule has 92 valence electrons. The first-order chi connectivity index (χ1) is 7.84. The van der Waals surface area contributed by atoms with Crippen molar-refractivity contribution in [3.05, 3.63) is 34.1 Å². The Bertz CT molecular complexity index is 459. The van der Waals surface area contributed by atoms with Gasteiger partial charge in [-0.25, -0.2) is 4.39 Å². The standard InChI is InChI=1S/C11H10ClFO4/c1-5-2-3-8(13)6(9(5)12)4-7(10(14)15)11(16)17/h2-3,7H,4H2,1H3,(H,14,15)(H,16,17). The maximum Gasteiger partial charge on any atom is 0.318 e. The lowest BCUT2D eigenvalue weighted by Gasteiger charge is -2.11. The highest BCUT2D eigenvalue weighted by molar-refractivity contribution is 6.32. The molecule has 0 aliphatic heterocycles. The molecule has 0 atom stereocenters. The molecule has 2 N–H and O–H groups in total. The summed E-state index contributed by atoms with van der Waals surface area (Å²) in [5.74, 6) is -5.44. The zero-order valence-corrected chi connectivity index (χ0v) is 9.66. The summed E-state index contributed by atoms with van der Waals surface area (Å²) in [6, 6.07) is 2.58. The molecule has 0 aromatic heterocycles. The molecule has 0 radical (unpaired) electrons. The summed E-state index contributed by atoms with van der Waals surface area (Å²) in [5, 5.41) is 17.5. The van der Waals surface area contributed by atoms with Gasteiger partial charge in [-0.3, -0.25) is 9.59 Å². The summed E-state index contributed by atoms with van der Waals surface area (Å²) < 4.78 is 13.4. The minimum absolute atomic E-state index is 0.0671. The number of benzene rings is 1. The number of rotatable bonds is 4. The van der Waals surface area contributed by atoms with Crippen LogP contribution in [-0.4, -0.2) is 22.2 Å². The van der Waals surface area contributed by atoms with E-state index in [0.717, 1.165) is 6.07 Å². The number of hydrogen-bond donors (Lipinski definition) is 2. The van der Waals surface area contributed by atoms with Gasteiger partial charge in [-0.1, -0.05) is 17.7 Å². The number of halogens is 2. The predicted molar refractivity (Wildman–Crippen MR) is 58.6 cm³/mol. The van der Waals surface area contributed by atoms with Gasteiger partial charge in [-0.15, -0.1) is 0 Å². The number of carboxylic acids is 2. The topological polar surface area (TPSA) is 74.6 Å². The first kappa shape index (κ1) is 13.4. The van der Waals surface area contributed by atoms with Crippen LogP contribution < -0.4 is 0 Å². The van der Waals surface area contributed by atoms with Gasteiger partial charge in [-0.2, -0.15) is 0 Å². The van der Waals surface area contributed by atoms with Gasteiger partial charge in [0.1, 0.15) is 5.82 Å². The summed E-state index contributed by atoms with van der Waals surface area (Å²) in [5.41, 5.74) is 0.485. The lowest BCUT2D eigenvalue weighted by molar-refractivity contribution is -0.154. The predicted octanol–water partition coefficient (Wildman–Crippen LogP) is 2.12.